The largest absolute Gasteiger partial charge is 0.453 e. The zero-order valence-corrected chi connectivity index (χ0v) is 9.53. The van der Waals surface area contributed by atoms with Gasteiger partial charge in [0.15, 0.2) is 4.67 Å². The topological polar surface area (TPSA) is 39.2 Å². The Morgan fingerprint density at radius 2 is 2.00 bits per heavy atom. The van der Waals surface area contributed by atoms with Crippen molar-refractivity contribution in [1.29, 1.82) is 0 Å². The fourth-order valence-corrected chi connectivity index (χ4v) is 3.11. The van der Waals surface area contributed by atoms with Gasteiger partial charge in [0.1, 0.15) is 5.76 Å². The number of hydrogen-bond acceptors (Lipinski definition) is 2. The molecule has 0 aliphatic heterocycles. The zero-order chi connectivity index (χ0) is 9.71. The molecule has 1 aromatic heterocycles. The van der Waals surface area contributed by atoms with E-state index in [-0.39, 0.29) is 6.04 Å². The highest BCUT2D eigenvalue weighted by atomic mass is 79.9. The summed E-state index contributed by atoms with van der Waals surface area (Å²) >= 11 is 3.31. The minimum absolute atomic E-state index is 0.106. The molecule has 0 spiro atoms. The average Bonchev–Trinajstić information content (AvgIpc) is 2.64. The SMILES string of the molecule is NC(c1ccc(Br)o1)C1CC2CC2C1. The molecular formula is C11H14BrNO. The second-order valence-corrected chi connectivity index (χ2v) is 5.44. The lowest BCUT2D eigenvalue weighted by Gasteiger charge is -2.18. The van der Waals surface area contributed by atoms with Crippen molar-refractivity contribution in [1.82, 2.24) is 0 Å². The van der Waals surface area contributed by atoms with Gasteiger partial charge in [0.05, 0.1) is 6.04 Å². The van der Waals surface area contributed by atoms with Crippen LogP contribution in [0.5, 0.6) is 0 Å². The van der Waals surface area contributed by atoms with Gasteiger partial charge in [-0.25, -0.2) is 0 Å². The van der Waals surface area contributed by atoms with Crippen molar-refractivity contribution < 1.29 is 4.42 Å². The maximum atomic E-state index is 6.18. The van der Waals surface area contributed by atoms with Crippen molar-refractivity contribution in [2.75, 3.05) is 0 Å². The standard InChI is InChI=1S/C11H14BrNO/c12-10-2-1-9(14-10)11(13)8-4-6-3-7(6)5-8/h1-2,6-8,11H,3-5,13H2. The van der Waals surface area contributed by atoms with Gasteiger partial charge in [0.2, 0.25) is 0 Å². The van der Waals surface area contributed by atoms with Crippen LogP contribution in [0.4, 0.5) is 0 Å². The number of halogens is 1. The highest BCUT2D eigenvalue weighted by molar-refractivity contribution is 9.10. The van der Waals surface area contributed by atoms with Crippen LogP contribution in [-0.2, 0) is 0 Å². The van der Waals surface area contributed by atoms with Crippen LogP contribution in [-0.4, -0.2) is 0 Å². The molecule has 0 saturated heterocycles. The van der Waals surface area contributed by atoms with Gasteiger partial charge in [-0.3, -0.25) is 0 Å². The second kappa shape index (κ2) is 3.11. The zero-order valence-electron chi connectivity index (χ0n) is 7.95. The summed E-state index contributed by atoms with van der Waals surface area (Å²) in [5, 5.41) is 0. The highest BCUT2D eigenvalue weighted by Crippen LogP contribution is 2.56. The van der Waals surface area contributed by atoms with Gasteiger partial charge in [-0.15, -0.1) is 0 Å². The molecule has 2 aliphatic rings. The molecule has 3 atom stereocenters. The fraction of sp³-hybridized carbons (Fsp3) is 0.636. The van der Waals surface area contributed by atoms with Crippen LogP contribution < -0.4 is 5.73 Å². The summed E-state index contributed by atoms with van der Waals surface area (Å²) in [5.74, 6) is 3.56. The van der Waals surface area contributed by atoms with E-state index >= 15 is 0 Å². The molecule has 2 aliphatic carbocycles. The van der Waals surface area contributed by atoms with E-state index in [4.69, 9.17) is 10.2 Å². The van der Waals surface area contributed by atoms with Crippen LogP contribution >= 0.6 is 15.9 Å². The lowest BCUT2D eigenvalue weighted by atomic mass is 9.93. The van der Waals surface area contributed by atoms with Gasteiger partial charge in [-0.05, 0) is 65.1 Å². The van der Waals surface area contributed by atoms with E-state index in [9.17, 15) is 0 Å². The van der Waals surface area contributed by atoms with Crippen molar-refractivity contribution in [2.24, 2.45) is 23.5 Å². The van der Waals surface area contributed by atoms with Crippen molar-refractivity contribution in [3.8, 4) is 0 Å². The summed E-state index contributed by atoms with van der Waals surface area (Å²) in [7, 11) is 0. The van der Waals surface area contributed by atoms with Gasteiger partial charge in [-0.2, -0.15) is 0 Å². The summed E-state index contributed by atoms with van der Waals surface area (Å²) in [6.07, 6.45) is 4.07. The van der Waals surface area contributed by atoms with E-state index in [1.54, 1.807) is 0 Å². The molecule has 14 heavy (non-hydrogen) atoms. The van der Waals surface area contributed by atoms with Gasteiger partial charge >= 0.3 is 0 Å². The molecule has 3 rings (SSSR count). The van der Waals surface area contributed by atoms with Gasteiger partial charge in [-0.1, -0.05) is 0 Å². The predicted octanol–water partition coefficient (Wildman–Crippen LogP) is 3.09. The van der Waals surface area contributed by atoms with Crippen LogP contribution in [0.15, 0.2) is 21.2 Å². The van der Waals surface area contributed by atoms with Crippen molar-refractivity contribution in [3.05, 3.63) is 22.6 Å². The summed E-state index contributed by atoms with van der Waals surface area (Å²) < 4.78 is 6.28. The Hall–Kier alpha value is -0.280. The highest BCUT2D eigenvalue weighted by Gasteiger charge is 2.47. The average molecular weight is 256 g/mol. The minimum atomic E-state index is 0.106. The van der Waals surface area contributed by atoms with Crippen LogP contribution in [0, 0.1) is 17.8 Å². The first kappa shape index (κ1) is 8.98. The molecule has 1 aromatic rings. The molecule has 3 heteroatoms. The molecule has 2 fully saturated rings. The fourth-order valence-electron chi connectivity index (χ4n) is 2.79. The van der Waals surface area contributed by atoms with Crippen LogP contribution in [0.25, 0.3) is 0 Å². The molecule has 2 saturated carbocycles. The van der Waals surface area contributed by atoms with E-state index in [1.807, 2.05) is 12.1 Å². The number of furan rings is 1. The molecule has 0 radical (unpaired) electrons. The third-order valence-corrected chi connectivity index (χ3v) is 4.14. The van der Waals surface area contributed by atoms with Crippen molar-refractivity contribution in [3.63, 3.8) is 0 Å². The molecule has 0 aromatic carbocycles. The number of rotatable bonds is 2. The minimum Gasteiger partial charge on any atom is -0.453 e. The predicted molar refractivity (Wildman–Crippen MR) is 57.7 cm³/mol. The summed E-state index contributed by atoms with van der Waals surface area (Å²) in [5.41, 5.74) is 6.18. The molecule has 0 bridgehead atoms. The normalized spacial score (nSPS) is 36.9. The molecular weight excluding hydrogens is 242 g/mol. The summed E-state index contributed by atoms with van der Waals surface area (Å²) in [6.45, 7) is 0. The molecule has 1 heterocycles. The van der Waals surface area contributed by atoms with Crippen LogP contribution in [0.2, 0.25) is 0 Å². The maximum Gasteiger partial charge on any atom is 0.169 e. The maximum absolute atomic E-state index is 6.18. The Labute approximate surface area is 92.0 Å². The smallest absolute Gasteiger partial charge is 0.169 e. The molecule has 0 amide bonds. The first-order chi connectivity index (χ1) is 6.74. The number of hydrogen-bond donors (Lipinski definition) is 1. The Kier molecular flexibility index (Phi) is 1.99. The van der Waals surface area contributed by atoms with Gasteiger partial charge in [0, 0.05) is 0 Å². The van der Waals surface area contributed by atoms with E-state index in [2.05, 4.69) is 15.9 Å². The Morgan fingerprint density at radius 1 is 1.29 bits per heavy atom. The number of nitrogens with two attached hydrogens (primary N) is 1. The van der Waals surface area contributed by atoms with E-state index in [0.29, 0.717) is 5.92 Å². The van der Waals surface area contributed by atoms with Gasteiger partial charge in [0.25, 0.3) is 0 Å². The Balaban J connectivity index is 1.72. The summed E-state index contributed by atoms with van der Waals surface area (Å²) in [4.78, 5) is 0. The van der Waals surface area contributed by atoms with Crippen LogP contribution in [0.1, 0.15) is 31.1 Å². The number of fused-ring (bicyclic) bond motifs is 1. The van der Waals surface area contributed by atoms with Gasteiger partial charge < -0.3 is 10.2 Å². The molecule has 76 valence electrons. The lowest BCUT2D eigenvalue weighted by molar-refractivity contribution is 0.342. The lowest BCUT2D eigenvalue weighted by Crippen LogP contribution is -2.19. The van der Waals surface area contributed by atoms with E-state index in [1.165, 1.54) is 19.3 Å². The van der Waals surface area contributed by atoms with Crippen molar-refractivity contribution in [2.45, 2.75) is 25.3 Å². The van der Waals surface area contributed by atoms with Crippen molar-refractivity contribution >= 4 is 15.9 Å². The second-order valence-electron chi connectivity index (χ2n) is 4.66. The first-order valence-corrected chi connectivity index (χ1v) is 6.04. The monoisotopic (exact) mass is 255 g/mol. The molecule has 2 N–H and O–H groups in total. The van der Waals surface area contributed by atoms with E-state index in [0.717, 1.165) is 22.3 Å². The molecule has 2 nitrogen and oxygen atoms in total. The first-order valence-electron chi connectivity index (χ1n) is 5.25. The third kappa shape index (κ3) is 1.43. The third-order valence-electron chi connectivity index (χ3n) is 3.71. The summed E-state index contributed by atoms with van der Waals surface area (Å²) in [6, 6.07) is 4.01. The van der Waals surface area contributed by atoms with E-state index < -0.39 is 0 Å². The Morgan fingerprint density at radius 3 is 2.57 bits per heavy atom. The quantitative estimate of drug-likeness (QED) is 0.883. The van der Waals surface area contributed by atoms with Crippen LogP contribution in [0.3, 0.4) is 0 Å². The Bertz CT molecular complexity index is 339. The molecule has 3 unspecified atom stereocenters.